The minimum atomic E-state index is -0.744. The number of amides is 4. The van der Waals surface area contributed by atoms with Gasteiger partial charge < -0.3 is 38.3 Å². The lowest BCUT2D eigenvalue weighted by molar-refractivity contribution is -0.198. The van der Waals surface area contributed by atoms with E-state index < -0.39 is 17.8 Å². The molecular weight excluding hydrogens is 885 g/mol. The number of nitrogens with zero attached hydrogens (tertiary/aromatic N) is 6. The average molecular weight is 935 g/mol. The van der Waals surface area contributed by atoms with Gasteiger partial charge in [0, 0.05) is 74.8 Å². The molecule has 0 N–H and O–H groups in total. The summed E-state index contributed by atoms with van der Waals surface area (Å²) in [6, 6.07) is 28.0. The standard InChI is InChI=1S/C52H50N6O11/c1-53-40-27-46(44(64-3)25-38(40)51(62)56-17-15-34-9-5-7-11-42(34)56)67-30-32-21-33(23-36(22-32)55(2)18-20-66-19-16-50(61)69-58-48(59)13-14-49(58)60)31-68-47-28-41-39(26-45(47)65-4)52(63)57-37(29-54-41)24-35-10-6-8-12-43(35)57/h5-12,21-23,25-29,37H,1,13-20,24,30-31H2,2-4H3/t37-/m0/s1. The summed E-state index contributed by atoms with van der Waals surface area (Å²) in [7, 11) is 4.92. The number of rotatable bonds is 18. The van der Waals surface area contributed by atoms with Crippen molar-refractivity contribution in [3.8, 4) is 23.0 Å². The number of hydrogen-bond acceptors (Lipinski definition) is 14. The Kier molecular flexibility index (Phi) is 13.4. The fourth-order valence-electron chi connectivity index (χ4n) is 8.85. The Morgan fingerprint density at radius 2 is 1.45 bits per heavy atom. The maximum atomic E-state index is 14.0. The largest absolute Gasteiger partial charge is 0.493 e. The first kappa shape index (κ1) is 46.1. The van der Waals surface area contributed by atoms with Crippen LogP contribution >= 0.6 is 0 Å². The van der Waals surface area contributed by atoms with Gasteiger partial charge in [0.15, 0.2) is 23.0 Å². The zero-order valence-electron chi connectivity index (χ0n) is 38.5. The molecular formula is C52H50N6O11. The number of para-hydroxylation sites is 2. The van der Waals surface area contributed by atoms with Crippen LogP contribution in [-0.4, -0.2) is 101 Å². The van der Waals surface area contributed by atoms with Crippen LogP contribution in [0, 0.1) is 0 Å². The minimum absolute atomic E-state index is 0.0112. The number of hydrogen-bond donors (Lipinski definition) is 0. The maximum absolute atomic E-state index is 14.0. The summed E-state index contributed by atoms with van der Waals surface area (Å²) < 4.78 is 30.1. The second kappa shape index (κ2) is 20.0. The van der Waals surface area contributed by atoms with Crippen molar-refractivity contribution in [2.75, 3.05) is 62.3 Å². The van der Waals surface area contributed by atoms with Crippen LogP contribution in [0.1, 0.15) is 62.2 Å². The quantitative estimate of drug-likeness (QED) is 0.0494. The number of methoxy groups -OCH3 is 2. The first-order valence-electron chi connectivity index (χ1n) is 22.5. The summed E-state index contributed by atoms with van der Waals surface area (Å²) in [5.74, 6) is -0.767. The number of ether oxygens (including phenoxy) is 5. The van der Waals surface area contributed by atoms with Gasteiger partial charge in [-0.1, -0.05) is 36.4 Å². The Bertz CT molecular complexity index is 2880. The van der Waals surface area contributed by atoms with Crippen molar-refractivity contribution in [2.24, 2.45) is 9.98 Å². The topological polar surface area (TPSA) is 178 Å². The Balaban J connectivity index is 0.928. The van der Waals surface area contributed by atoms with Gasteiger partial charge in [-0.15, -0.1) is 5.06 Å². The third kappa shape index (κ3) is 9.58. The molecule has 4 amide bonds. The highest BCUT2D eigenvalue weighted by molar-refractivity contribution is 6.15. The van der Waals surface area contributed by atoms with Crippen molar-refractivity contribution < 1.29 is 52.5 Å². The van der Waals surface area contributed by atoms with Gasteiger partial charge in [-0.05, 0) is 77.9 Å². The number of fused-ring (bicyclic) bond motifs is 5. The number of carbonyl (C=O) groups is 5. The molecule has 0 radical (unpaired) electrons. The Morgan fingerprint density at radius 1 is 0.783 bits per heavy atom. The van der Waals surface area contributed by atoms with E-state index >= 15 is 0 Å². The number of benzene rings is 5. The molecule has 0 unspecified atom stereocenters. The summed E-state index contributed by atoms with van der Waals surface area (Å²) in [5, 5.41) is 0.518. The molecule has 17 nitrogen and oxygen atoms in total. The zero-order chi connectivity index (χ0) is 48.2. The molecule has 4 heterocycles. The van der Waals surface area contributed by atoms with Gasteiger partial charge in [0.2, 0.25) is 0 Å². The van der Waals surface area contributed by atoms with Crippen molar-refractivity contribution in [3.05, 3.63) is 124 Å². The number of carbonyl (C=O) groups excluding carboxylic acids is 5. The molecule has 1 atom stereocenters. The average Bonchev–Trinajstić information content (AvgIpc) is 4.04. The molecule has 0 aliphatic carbocycles. The smallest absolute Gasteiger partial charge is 0.335 e. The number of hydroxylamine groups is 2. The van der Waals surface area contributed by atoms with Gasteiger partial charge in [0.05, 0.1) is 62.4 Å². The number of anilines is 3. The first-order chi connectivity index (χ1) is 33.5. The normalized spacial score (nSPS) is 15.6. The Labute approximate surface area is 398 Å². The minimum Gasteiger partial charge on any atom is -0.493 e. The monoisotopic (exact) mass is 934 g/mol. The van der Waals surface area contributed by atoms with Crippen LogP contribution < -0.4 is 33.6 Å². The molecule has 69 heavy (non-hydrogen) atoms. The lowest BCUT2D eigenvalue weighted by atomic mass is 10.1. The summed E-state index contributed by atoms with van der Waals surface area (Å²) in [6.07, 6.45) is 3.10. The third-order valence-corrected chi connectivity index (χ3v) is 12.4. The third-order valence-electron chi connectivity index (χ3n) is 12.4. The summed E-state index contributed by atoms with van der Waals surface area (Å²) in [4.78, 5) is 83.3. The molecule has 0 bridgehead atoms. The van der Waals surface area contributed by atoms with Crippen LogP contribution in [-0.2, 0) is 50.0 Å². The molecule has 1 saturated heterocycles. The van der Waals surface area contributed by atoms with Crippen molar-refractivity contribution >= 4 is 71.0 Å². The van der Waals surface area contributed by atoms with Gasteiger partial charge in [-0.3, -0.25) is 34.1 Å². The SMILES string of the molecule is C=Nc1cc(OCc2cc(COc3cc4c(cc3OC)C(=O)N3c5ccccc5C[C@H]3C=N4)cc(N(C)CCOCCC(=O)ON3C(=O)CCC3=O)c2)c(OC)cc1C(=O)N1CCc2ccccc21. The van der Waals surface area contributed by atoms with Crippen LogP contribution in [0.5, 0.6) is 23.0 Å². The molecule has 0 aromatic heterocycles. The summed E-state index contributed by atoms with van der Waals surface area (Å²) in [5.41, 5.74) is 7.79. The van der Waals surface area contributed by atoms with Gasteiger partial charge in [0.25, 0.3) is 23.6 Å². The van der Waals surface area contributed by atoms with E-state index in [9.17, 15) is 24.0 Å². The van der Waals surface area contributed by atoms with Crippen LogP contribution in [0.25, 0.3) is 0 Å². The molecule has 9 rings (SSSR count). The van der Waals surface area contributed by atoms with Crippen molar-refractivity contribution in [2.45, 2.75) is 51.4 Å². The molecule has 4 aliphatic rings. The van der Waals surface area contributed by atoms with Crippen molar-refractivity contribution in [3.63, 3.8) is 0 Å². The first-order valence-corrected chi connectivity index (χ1v) is 22.5. The van der Waals surface area contributed by atoms with Gasteiger partial charge in [-0.2, -0.15) is 0 Å². The highest BCUT2D eigenvalue weighted by atomic mass is 16.7. The van der Waals surface area contributed by atoms with Crippen LogP contribution in [0.15, 0.2) is 101 Å². The fraction of sp³-hybridized carbons (Fsp3) is 0.288. The molecule has 354 valence electrons. The molecule has 5 aromatic rings. The van der Waals surface area contributed by atoms with Crippen LogP contribution in [0.3, 0.4) is 0 Å². The molecule has 4 aliphatic heterocycles. The molecule has 0 saturated carbocycles. The van der Waals surface area contributed by atoms with E-state index in [1.807, 2.05) is 78.7 Å². The lowest BCUT2D eigenvalue weighted by Gasteiger charge is -2.23. The van der Waals surface area contributed by atoms with Gasteiger partial charge in [-0.25, -0.2) is 4.79 Å². The predicted molar refractivity (Wildman–Crippen MR) is 257 cm³/mol. The highest BCUT2D eigenvalue weighted by Gasteiger charge is 2.37. The van der Waals surface area contributed by atoms with Crippen molar-refractivity contribution in [1.29, 1.82) is 0 Å². The van der Waals surface area contributed by atoms with Crippen molar-refractivity contribution in [1.82, 2.24) is 5.06 Å². The summed E-state index contributed by atoms with van der Waals surface area (Å²) >= 11 is 0. The number of aliphatic imine (C=N–C) groups is 2. The second-order valence-electron chi connectivity index (χ2n) is 16.8. The van der Waals surface area contributed by atoms with E-state index in [-0.39, 0.29) is 63.5 Å². The van der Waals surface area contributed by atoms with Crippen LogP contribution in [0.4, 0.5) is 28.4 Å². The maximum Gasteiger partial charge on any atom is 0.335 e. The van der Waals surface area contributed by atoms with Crippen LogP contribution in [0.2, 0.25) is 0 Å². The van der Waals surface area contributed by atoms with Gasteiger partial charge in [0.1, 0.15) is 13.2 Å². The molecule has 0 spiro atoms. The number of likely N-dealkylation sites (N-methyl/N-ethyl adjacent to an activating group) is 1. The second-order valence-corrected chi connectivity index (χ2v) is 16.8. The van der Waals surface area contributed by atoms with E-state index in [4.69, 9.17) is 33.5 Å². The van der Waals surface area contributed by atoms with E-state index in [0.29, 0.717) is 70.1 Å². The van der Waals surface area contributed by atoms with E-state index in [1.54, 1.807) is 40.3 Å². The van der Waals surface area contributed by atoms with E-state index in [1.165, 1.54) is 14.2 Å². The number of imide groups is 1. The van der Waals surface area contributed by atoms with E-state index in [2.05, 4.69) is 11.7 Å². The summed E-state index contributed by atoms with van der Waals surface area (Å²) in [6.45, 7) is 5.12. The molecule has 17 heteroatoms. The highest BCUT2D eigenvalue weighted by Crippen LogP contribution is 2.42. The Morgan fingerprint density at radius 3 is 2.16 bits per heavy atom. The molecule has 1 fully saturated rings. The van der Waals surface area contributed by atoms with Gasteiger partial charge >= 0.3 is 5.97 Å². The van der Waals surface area contributed by atoms with E-state index in [0.717, 1.165) is 45.7 Å². The molecule has 5 aromatic carbocycles. The fourth-order valence-corrected chi connectivity index (χ4v) is 8.85. The predicted octanol–water partition coefficient (Wildman–Crippen LogP) is 7.13. The Hall–Kier alpha value is -8.05. The lowest BCUT2D eigenvalue weighted by Crippen LogP contribution is -2.37. The zero-order valence-corrected chi connectivity index (χ0v) is 38.5.